The highest BCUT2D eigenvalue weighted by Gasteiger charge is 2.26. The van der Waals surface area contributed by atoms with Gasteiger partial charge in [0.05, 0.1) is 18.6 Å². The number of nitrogens with one attached hydrogen (secondary N) is 1. The third-order valence-corrected chi connectivity index (χ3v) is 9.00. The standard InChI is InChI=1S/C27H37N3O4S/c1-34-24-12-8-22(9-13-24)26(29-16-4-2-5-17-29)20-28-21-27(31)23-10-14-25(15-11-23)35(32,33)30-18-6-3-7-19-30/h8-15,26,28H,2-7,16-21H2,1H3. The molecule has 35 heavy (non-hydrogen) atoms. The SMILES string of the molecule is COc1ccc(C(CNCC(=O)c2ccc(S(=O)(=O)N3CCCCC3)cc2)N2CCCCC2)cc1. The predicted molar refractivity (Wildman–Crippen MR) is 137 cm³/mol. The number of piperidine rings is 2. The molecule has 1 N–H and O–H groups in total. The van der Waals surface area contributed by atoms with Crippen molar-refractivity contribution in [3.63, 3.8) is 0 Å². The number of Topliss-reactive ketones (excluding diaryl/α,β-unsaturated/α-hetero) is 1. The van der Waals surface area contributed by atoms with E-state index in [2.05, 4.69) is 22.3 Å². The molecule has 2 aromatic carbocycles. The molecule has 0 radical (unpaired) electrons. The van der Waals surface area contributed by atoms with Crippen LogP contribution in [-0.2, 0) is 10.0 Å². The van der Waals surface area contributed by atoms with Crippen molar-refractivity contribution in [2.24, 2.45) is 0 Å². The summed E-state index contributed by atoms with van der Waals surface area (Å²) in [5.74, 6) is 0.791. The second kappa shape index (κ2) is 12.1. The van der Waals surface area contributed by atoms with Crippen LogP contribution in [0.5, 0.6) is 5.75 Å². The monoisotopic (exact) mass is 499 g/mol. The van der Waals surface area contributed by atoms with Gasteiger partial charge < -0.3 is 10.1 Å². The summed E-state index contributed by atoms with van der Waals surface area (Å²) in [6.45, 7) is 4.12. The number of rotatable bonds is 10. The van der Waals surface area contributed by atoms with E-state index in [-0.39, 0.29) is 23.3 Å². The first kappa shape index (κ1) is 25.8. The van der Waals surface area contributed by atoms with E-state index in [1.54, 1.807) is 35.7 Å². The number of nitrogens with zero attached hydrogens (tertiary/aromatic N) is 2. The van der Waals surface area contributed by atoms with Gasteiger partial charge in [-0.3, -0.25) is 9.69 Å². The fourth-order valence-electron chi connectivity index (χ4n) is 5.01. The van der Waals surface area contributed by atoms with Crippen LogP contribution in [0.2, 0.25) is 0 Å². The maximum atomic E-state index is 12.9. The number of hydrogen-bond donors (Lipinski definition) is 1. The Hall–Kier alpha value is -2.26. The van der Waals surface area contributed by atoms with Crippen molar-refractivity contribution in [1.29, 1.82) is 0 Å². The number of ketones is 1. The summed E-state index contributed by atoms with van der Waals surface area (Å²) >= 11 is 0. The van der Waals surface area contributed by atoms with Gasteiger partial charge in [-0.15, -0.1) is 0 Å². The molecule has 0 amide bonds. The van der Waals surface area contributed by atoms with Crippen LogP contribution in [0.25, 0.3) is 0 Å². The summed E-state index contributed by atoms with van der Waals surface area (Å²) in [6, 6.07) is 14.7. The highest BCUT2D eigenvalue weighted by Crippen LogP contribution is 2.26. The molecule has 0 aromatic heterocycles. The van der Waals surface area contributed by atoms with Gasteiger partial charge in [-0.2, -0.15) is 4.31 Å². The van der Waals surface area contributed by atoms with Crippen molar-refractivity contribution >= 4 is 15.8 Å². The second-order valence-electron chi connectivity index (χ2n) is 9.43. The number of benzene rings is 2. The molecule has 8 heteroatoms. The number of hydrogen-bond acceptors (Lipinski definition) is 6. The molecule has 0 aliphatic carbocycles. The fraction of sp³-hybridized carbons (Fsp3) is 0.519. The minimum absolute atomic E-state index is 0.0426. The summed E-state index contributed by atoms with van der Waals surface area (Å²) in [6.07, 6.45) is 6.52. The molecule has 1 unspecified atom stereocenters. The Kier molecular flexibility index (Phi) is 8.94. The van der Waals surface area contributed by atoms with Crippen molar-refractivity contribution in [3.05, 3.63) is 59.7 Å². The molecule has 2 aliphatic heterocycles. The average Bonchev–Trinajstić information content (AvgIpc) is 2.92. The molecule has 0 spiro atoms. The topological polar surface area (TPSA) is 78.9 Å². The third kappa shape index (κ3) is 6.50. The van der Waals surface area contributed by atoms with Gasteiger partial charge in [-0.05, 0) is 68.6 Å². The molecule has 0 bridgehead atoms. The first-order valence-corrected chi connectivity index (χ1v) is 14.2. The van der Waals surface area contributed by atoms with Crippen LogP contribution in [0.4, 0.5) is 0 Å². The first-order valence-electron chi connectivity index (χ1n) is 12.7. The highest BCUT2D eigenvalue weighted by molar-refractivity contribution is 7.89. The van der Waals surface area contributed by atoms with Crippen molar-refractivity contribution in [1.82, 2.24) is 14.5 Å². The first-order chi connectivity index (χ1) is 17.0. The van der Waals surface area contributed by atoms with E-state index in [0.29, 0.717) is 25.2 Å². The zero-order chi connectivity index (χ0) is 24.7. The summed E-state index contributed by atoms with van der Waals surface area (Å²) in [7, 11) is -1.82. The molecule has 1 atom stereocenters. The summed E-state index contributed by atoms with van der Waals surface area (Å²) < 4.78 is 32.6. The van der Waals surface area contributed by atoms with E-state index in [9.17, 15) is 13.2 Å². The van der Waals surface area contributed by atoms with Crippen LogP contribution >= 0.6 is 0 Å². The van der Waals surface area contributed by atoms with Crippen molar-refractivity contribution in [2.75, 3.05) is 46.4 Å². The zero-order valence-corrected chi connectivity index (χ0v) is 21.4. The minimum atomic E-state index is -3.49. The fourth-order valence-corrected chi connectivity index (χ4v) is 6.52. The van der Waals surface area contributed by atoms with Crippen molar-refractivity contribution < 1.29 is 17.9 Å². The molecule has 2 aromatic rings. The molecule has 2 fully saturated rings. The number of ether oxygens (including phenoxy) is 1. The van der Waals surface area contributed by atoms with Crippen LogP contribution in [0.15, 0.2) is 53.4 Å². The van der Waals surface area contributed by atoms with Gasteiger partial charge in [-0.1, -0.05) is 37.1 Å². The Morgan fingerprint density at radius 3 is 2.09 bits per heavy atom. The van der Waals surface area contributed by atoms with Gasteiger partial charge in [-0.25, -0.2) is 8.42 Å². The molecular weight excluding hydrogens is 462 g/mol. The quantitative estimate of drug-likeness (QED) is 0.500. The van der Waals surface area contributed by atoms with Crippen LogP contribution in [0, 0.1) is 0 Å². The Bertz CT molecular complexity index is 1060. The molecule has 2 aliphatic rings. The van der Waals surface area contributed by atoms with Crippen LogP contribution in [0.3, 0.4) is 0 Å². The van der Waals surface area contributed by atoms with Crippen LogP contribution < -0.4 is 10.1 Å². The number of methoxy groups -OCH3 is 1. The Morgan fingerprint density at radius 1 is 0.886 bits per heavy atom. The molecule has 4 rings (SSSR count). The summed E-state index contributed by atoms with van der Waals surface area (Å²) in [5, 5.41) is 3.36. The van der Waals surface area contributed by atoms with Crippen LogP contribution in [-0.4, -0.2) is 69.8 Å². The summed E-state index contributed by atoms with van der Waals surface area (Å²) in [5.41, 5.74) is 1.73. The molecule has 7 nitrogen and oxygen atoms in total. The highest BCUT2D eigenvalue weighted by atomic mass is 32.2. The molecular formula is C27H37N3O4S. The average molecular weight is 500 g/mol. The largest absolute Gasteiger partial charge is 0.497 e. The zero-order valence-electron chi connectivity index (χ0n) is 20.6. The molecule has 0 saturated carbocycles. The predicted octanol–water partition coefficient (Wildman–Crippen LogP) is 3.87. The lowest BCUT2D eigenvalue weighted by Crippen LogP contribution is -2.40. The number of likely N-dealkylation sites (tertiary alicyclic amines) is 1. The minimum Gasteiger partial charge on any atom is -0.497 e. The Morgan fingerprint density at radius 2 is 1.49 bits per heavy atom. The smallest absolute Gasteiger partial charge is 0.243 e. The van der Waals surface area contributed by atoms with Gasteiger partial charge in [0.25, 0.3) is 0 Å². The van der Waals surface area contributed by atoms with Gasteiger partial charge in [0.1, 0.15) is 5.75 Å². The Labute approximate surface area is 209 Å². The van der Waals surface area contributed by atoms with Crippen molar-refractivity contribution in [2.45, 2.75) is 49.5 Å². The molecule has 190 valence electrons. The second-order valence-corrected chi connectivity index (χ2v) is 11.4. The Balaban J connectivity index is 1.37. The maximum absolute atomic E-state index is 12.9. The van der Waals surface area contributed by atoms with E-state index in [1.807, 2.05) is 12.1 Å². The van der Waals surface area contributed by atoms with E-state index in [1.165, 1.54) is 24.8 Å². The third-order valence-electron chi connectivity index (χ3n) is 7.08. The van der Waals surface area contributed by atoms with Gasteiger partial charge >= 0.3 is 0 Å². The van der Waals surface area contributed by atoms with E-state index >= 15 is 0 Å². The lowest BCUT2D eigenvalue weighted by Gasteiger charge is -2.35. The maximum Gasteiger partial charge on any atom is 0.243 e. The van der Waals surface area contributed by atoms with Crippen LogP contribution in [0.1, 0.15) is 60.5 Å². The molecule has 2 saturated heterocycles. The number of carbonyl (C=O) groups excluding carboxylic acids is 1. The normalized spacial score (nSPS) is 18.8. The number of sulfonamides is 1. The number of carbonyl (C=O) groups is 1. The van der Waals surface area contributed by atoms with E-state index in [0.717, 1.165) is 38.1 Å². The van der Waals surface area contributed by atoms with Gasteiger partial charge in [0.15, 0.2) is 5.78 Å². The summed E-state index contributed by atoms with van der Waals surface area (Å²) in [4.78, 5) is 15.6. The van der Waals surface area contributed by atoms with Crippen molar-refractivity contribution in [3.8, 4) is 5.75 Å². The van der Waals surface area contributed by atoms with E-state index in [4.69, 9.17) is 4.74 Å². The lowest BCUT2D eigenvalue weighted by molar-refractivity contribution is 0.0983. The lowest BCUT2D eigenvalue weighted by atomic mass is 10.0. The van der Waals surface area contributed by atoms with E-state index < -0.39 is 10.0 Å². The van der Waals surface area contributed by atoms with Gasteiger partial charge in [0.2, 0.25) is 10.0 Å². The van der Waals surface area contributed by atoms with Gasteiger partial charge in [0, 0.05) is 31.2 Å². The molecule has 2 heterocycles.